The predicted octanol–water partition coefficient (Wildman–Crippen LogP) is 3.18. The number of hydrogen-bond acceptors (Lipinski definition) is 0. The quantitative estimate of drug-likeness (QED) is 0.583. The molecule has 0 heterocycles. The van der Waals surface area contributed by atoms with E-state index < -0.39 is 12.1 Å². The number of unbranched alkanes of at least 4 members (excludes halogenated alkanes) is 2. The van der Waals surface area contributed by atoms with E-state index in [4.69, 9.17) is 0 Å². The van der Waals surface area contributed by atoms with Crippen LogP contribution < -0.4 is 0 Å². The van der Waals surface area contributed by atoms with Crippen LogP contribution in [0.1, 0.15) is 32.6 Å². The Morgan fingerprint density at radius 3 is 2.17 bits per heavy atom. The van der Waals surface area contributed by atoms with Gasteiger partial charge in [0.1, 0.15) is 0 Å². The van der Waals surface area contributed by atoms with Crippen molar-refractivity contribution in [1.29, 1.82) is 0 Å². The molecule has 12 heavy (non-hydrogen) atoms. The first-order valence-corrected chi connectivity index (χ1v) is 4.13. The molecule has 0 spiro atoms. The second-order valence-corrected chi connectivity index (χ2v) is 3.00. The Morgan fingerprint density at radius 1 is 1.17 bits per heavy atom. The molecule has 4 heteroatoms. The first kappa shape index (κ1) is 11.8. The smallest absolute Gasteiger partial charge is 0.237 e. The third kappa shape index (κ3) is 5.41. The van der Waals surface area contributed by atoms with Gasteiger partial charge in [-0.3, -0.25) is 0 Å². The number of rotatable bonds is 5. The molecule has 0 aromatic heterocycles. The Morgan fingerprint density at radius 2 is 1.75 bits per heavy atom. The zero-order valence-electron chi connectivity index (χ0n) is 7.16. The van der Waals surface area contributed by atoms with Crippen LogP contribution in [-0.4, -0.2) is 12.8 Å². The van der Waals surface area contributed by atoms with Gasteiger partial charge in [0.2, 0.25) is 0 Å². The van der Waals surface area contributed by atoms with Gasteiger partial charge < -0.3 is 0 Å². The highest BCUT2D eigenvalue weighted by molar-refractivity contribution is 4.61. The molecule has 0 saturated carbocycles. The summed E-state index contributed by atoms with van der Waals surface area (Å²) < 4.78 is 35.7. The van der Waals surface area contributed by atoms with Crippen molar-refractivity contribution in [3.63, 3.8) is 0 Å². The molecule has 0 aliphatic rings. The lowest BCUT2D eigenvalue weighted by atomic mass is 10.0. The molecule has 0 rings (SSSR count). The first-order chi connectivity index (χ1) is 5.48. The van der Waals surface area contributed by atoms with Crippen molar-refractivity contribution in [2.24, 2.45) is 5.92 Å². The Balaban J connectivity index is 3.38. The molecule has 0 fully saturated rings. The van der Waals surface area contributed by atoms with Gasteiger partial charge in [-0.15, -0.1) is 0 Å². The van der Waals surface area contributed by atoms with Crippen molar-refractivity contribution < 1.29 is 18.3 Å². The summed E-state index contributed by atoms with van der Waals surface area (Å²) in [6, 6.07) is 0. The average Bonchev–Trinajstić information content (AvgIpc) is 1.96. The molecule has 0 aliphatic carbocycles. The Hall–Kier alpha value is -0.250. The number of hydrogen-bond donors (Lipinski definition) is 0. The highest BCUT2D eigenvalue weighted by Gasteiger charge is 2.34. The van der Waals surface area contributed by atoms with Crippen molar-refractivity contribution >= 4 is 0 Å². The van der Waals surface area contributed by atoms with Crippen molar-refractivity contribution in [2.75, 3.05) is 6.61 Å². The molecule has 1 unspecified atom stereocenters. The van der Waals surface area contributed by atoms with Crippen LogP contribution in [-0.2, 0) is 5.11 Å². The van der Waals surface area contributed by atoms with Gasteiger partial charge in [0.15, 0.2) is 0 Å². The van der Waals surface area contributed by atoms with E-state index in [1.54, 1.807) is 0 Å². The minimum Gasteiger partial charge on any atom is -0.237 e. The molecule has 0 N–H and O–H groups in total. The largest absolute Gasteiger partial charge is 0.391 e. The summed E-state index contributed by atoms with van der Waals surface area (Å²) in [6.07, 6.45) is -2.32. The lowest BCUT2D eigenvalue weighted by Crippen LogP contribution is -2.19. The third-order valence-corrected chi connectivity index (χ3v) is 1.84. The second kappa shape index (κ2) is 5.41. The molecule has 0 aromatic carbocycles. The molecule has 0 bridgehead atoms. The molecule has 0 aliphatic heterocycles. The SMILES string of the molecule is CC(CCCCC[O])C(F)(F)F. The Bertz CT molecular complexity index is 111. The van der Waals surface area contributed by atoms with Crippen LogP contribution in [0, 0.1) is 5.92 Å². The highest BCUT2D eigenvalue weighted by Crippen LogP contribution is 2.29. The van der Waals surface area contributed by atoms with Gasteiger partial charge in [-0.2, -0.15) is 13.2 Å². The average molecular weight is 183 g/mol. The van der Waals surface area contributed by atoms with Crippen molar-refractivity contribution in [3.8, 4) is 0 Å². The van der Waals surface area contributed by atoms with E-state index in [9.17, 15) is 18.3 Å². The summed E-state index contributed by atoms with van der Waals surface area (Å²) in [5.41, 5.74) is 0. The highest BCUT2D eigenvalue weighted by atomic mass is 19.4. The maximum Gasteiger partial charge on any atom is 0.391 e. The zero-order valence-corrected chi connectivity index (χ0v) is 7.16. The fraction of sp³-hybridized carbons (Fsp3) is 1.00. The van der Waals surface area contributed by atoms with E-state index >= 15 is 0 Å². The minimum absolute atomic E-state index is 0.142. The first-order valence-electron chi connectivity index (χ1n) is 4.13. The molecule has 0 amide bonds. The van der Waals surface area contributed by atoms with E-state index in [0.29, 0.717) is 19.3 Å². The zero-order chi connectivity index (χ0) is 9.61. The third-order valence-electron chi connectivity index (χ3n) is 1.84. The van der Waals surface area contributed by atoms with Gasteiger partial charge in [-0.25, -0.2) is 5.11 Å². The molecule has 1 radical (unpaired) electrons. The maximum absolute atomic E-state index is 11.9. The summed E-state index contributed by atoms with van der Waals surface area (Å²) in [5, 5.41) is 9.95. The van der Waals surface area contributed by atoms with Gasteiger partial charge in [-0.05, 0) is 12.8 Å². The van der Waals surface area contributed by atoms with E-state index in [1.807, 2.05) is 0 Å². The number of alkyl halides is 3. The van der Waals surface area contributed by atoms with E-state index in [1.165, 1.54) is 6.92 Å². The lowest BCUT2D eigenvalue weighted by molar-refractivity contribution is -0.171. The van der Waals surface area contributed by atoms with Crippen LogP contribution in [0.25, 0.3) is 0 Å². The van der Waals surface area contributed by atoms with Crippen molar-refractivity contribution in [1.82, 2.24) is 0 Å². The summed E-state index contributed by atoms with van der Waals surface area (Å²) in [7, 11) is 0. The van der Waals surface area contributed by atoms with Gasteiger partial charge in [-0.1, -0.05) is 19.8 Å². The Kier molecular flexibility index (Phi) is 5.29. The molecule has 73 valence electrons. The summed E-state index contributed by atoms with van der Waals surface area (Å²) >= 11 is 0. The summed E-state index contributed by atoms with van der Waals surface area (Å²) in [4.78, 5) is 0. The van der Waals surface area contributed by atoms with Gasteiger partial charge >= 0.3 is 6.18 Å². The lowest BCUT2D eigenvalue weighted by Gasteiger charge is -2.14. The minimum atomic E-state index is -4.07. The summed E-state index contributed by atoms with van der Waals surface area (Å²) in [5.74, 6) is -1.23. The Labute approximate surface area is 70.6 Å². The fourth-order valence-corrected chi connectivity index (χ4v) is 0.893. The standard InChI is InChI=1S/C8H14F3O/c1-7(8(9,10)11)5-3-2-4-6-12/h7H,2-6H2,1H3. The molecule has 0 aromatic rings. The number of halogens is 3. The normalized spacial score (nSPS) is 14.8. The van der Waals surface area contributed by atoms with Gasteiger partial charge in [0, 0.05) is 0 Å². The second-order valence-electron chi connectivity index (χ2n) is 3.00. The van der Waals surface area contributed by atoms with Gasteiger partial charge in [0.25, 0.3) is 0 Å². The van der Waals surface area contributed by atoms with Crippen LogP contribution in [0.2, 0.25) is 0 Å². The molecule has 0 saturated heterocycles. The fourth-order valence-electron chi connectivity index (χ4n) is 0.893. The van der Waals surface area contributed by atoms with Crippen LogP contribution in [0.5, 0.6) is 0 Å². The topological polar surface area (TPSA) is 19.9 Å². The van der Waals surface area contributed by atoms with E-state index in [0.717, 1.165) is 0 Å². The van der Waals surface area contributed by atoms with Crippen LogP contribution >= 0.6 is 0 Å². The van der Waals surface area contributed by atoms with Crippen molar-refractivity contribution in [2.45, 2.75) is 38.8 Å². The van der Waals surface area contributed by atoms with Crippen LogP contribution in [0.4, 0.5) is 13.2 Å². The van der Waals surface area contributed by atoms with Crippen molar-refractivity contribution in [3.05, 3.63) is 0 Å². The van der Waals surface area contributed by atoms with Crippen LogP contribution in [0.15, 0.2) is 0 Å². The van der Waals surface area contributed by atoms with E-state index in [-0.39, 0.29) is 13.0 Å². The maximum atomic E-state index is 11.9. The molecule has 1 atom stereocenters. The molecule has 1 nitrogen and oxygen atoms in total. The van der Waals surface area contributed by atoms with Crippen LogP contribution in [0.3, 0.4) is 0 Å². The monoisotopic (exact) mass is 183 g/mol. The molecular formula is C8H14F3O. The molecular weight excluding hydrogens is 169 g/mol. The summed E-state index contributed by atoms with van der Waals surface area (Å²) in [6.45, 7) is 0.998. The predicted molar refractivity (Wildman–Crippen MR) is 39.2 cm³/mol. The van der Waals surface area contributed by atoms with Gasteiger partial charge in [0.05, 0.1) is 12.5 Å². The van der Waals surface area contributed by atoms with E-state index in [2.05, 4.69) is 0 Å².